The molecule has 4 aromatic rings. The van der Waals surface area contributed by atoms with E-state index in [4.69, 9.17) is 0 Å². The first-order valence-corrected chi connectivity index (χ1v) is 13.0. The first kappa shape index (κ1) is 28.3. The number of nitrogens with zero attached hydrogens (tertiary/aromatic N) is 3. The number of likely N-dealkylation sites (N-methyl/N-ethyl adjacent to an activating group) is 1. The van der Waals surface area contributed by atoms with Crippen LogP contribution in [0.2, 0.25) is 0 Å². The molecule has 0 aliphatic carbocycles. The van der Waals surface area contributed by atoms with Crippen LogP contribution in [0.1, 0.15) is 13.8 Å². The summed E-state index contributed by atoms with van der Waals surface area (Å²) in [6.07, 6.45) is 13.5. The third-order valence-electron chi connectivity index (χ3n) is 6.48. The van der Waals surface area contributed by atoms with E-state index in [1.807, 2.05) is 45.3 Å². The summed E-state index contributed by atoms with van der Waals surface area (Å²) in [5.41, 5.74) is 8.11. The molecule has 0 amide bonds. The summed E-state index contributed by atoms with van der Waals surface area (Å²) in [6, 6.07) is 8.44. The van der Waals surface area contributed by atoms with Crippen molar-refractivity contribution in [2.75, 3.05) is 20.6 Å². The Morgan fingerprint density at radius 1 is 1.18 bits per heavy atom. The molecule has 0 unspecified atom stereocenters. The summed E-state index contributed by atoms with van der Waals surface area (Å²) in [5, 5.41) is 13.5. The number of benzene rings is 1. The number of hydrogen-bond donors (Lipinski definition) is 3. The molecule has 3 heterocycles. The second-order valence-electron chi connectivity index (χ2n) is 9.83. The van der Waals surface area contributed by atoms with E-state index in [1.165, 1.54) is 12.1 Å². The Morgan fingerprint density at radius 2 is 1.93 bits per heavy atom. The first-order valence-electron chi connectivity index (χ1n) is 13.0. The molecule has 0 bridgehead atoms. The van der Waals surface area contributed by atoms with Crippen LogP contribution >= 0.6 is 0 Å². The molecule has 0 saturated heterocycles. The van der Waals surface area contributed by atoms with Crippen LogP contribution in [0.3, 0.4) is 0 Å². The van der Waals surface area contributed by atoms with Crippen LogP contribution in [0.5, 0.6) is 0 Å². The van der Waals surface area contributed by atoms with E-state index in [2.05, 4.69) is 63.1 Å². The van der Waals surface area contributed by atoms with Crippen molar-refractivity contribution in [1.82, 2.24) is 30.4 Å². The third kappa shape index (κ3) is 6.45. The van der Waals surface area contributed by atoms with Crippen LogP contribution in [0.15, 0.2) is 103 Å². The van der Waals surface area contributed by atoms with Gasteiger partial charge in [0.15, 0.2) is 0 Å². The van der Waals surface area contributed by atoms with Gasteiger partial charge < -0.3 is 15.2 Å². The second kappa shape index (κ2) is 12.4. The van der Waals surface area contributed by atoms with Gasteiger partial charge in [-0.15, -0.1) is 0 Å². The van der Waals surface area contributed by atoms with Crippen molar-refractivity contribution >= 4 is 23.6 Å². The van der Waals surface area contributed by atoms with Crippen molar-refractivity contribution in [2.24, 2.45) is 0 Å². The van der Waals surface area contributed by atoms with Crippen molar-refractivity contribution in [1.29, 1.82) is 0 Å². The molecule has 0 aliphatic heterocycles. The van der Waals surface area contributed by atoms with Crippen LogP contribution in [0.4, 0.5) is 4.39 Å². The Hall–Kier alpha value is -4.75. The predicted octanol–water partition coefficient (Wildman–Crippen LogP) is 5.58. The second-order valence-corrected chi connectivity index (χ2v) is 9.83. The minimum absolute atomic E-state index is 0.272. The lowest BCUT2D eigenvalue weighted by Gasteiger charge is -2.15. The number of fused-ring (bicyclic) bond motifs is 1. The summed E-state index contributed by atoms with van der Waals surface area (Å²) in [4.78, 5) is 9.82. The Kier molecular flexibility index (Phi) is 8.76. The topological polar surface area (TPSA) is 72.6 Å². The Bertz CT molecular complexity index is 1750. The molecule has 0 radical (unpaired) electrons. The highest BCUT2D eigenvalue weighted by Gasteiger charge is 2.12. The molecule has 0 fully saturated rings. The lowest BCUT2D eigenvalue weighted by atomic mass is 10.0. The van der Waals surface area contributed by atoms with Gasteiger partial charge in [0.1, 0.15) is 11.5 Å². The zero-order valence-corrected chi connectivity index (χ0v) is 23.5. The fourth-order valence-corrected chi connectivity index (χ4v) is 4.45. The van der Waals surface area contributed by atoms with Crippen LogP contribution in [0, 0.1) is 5.82 Å². The predicted molar refractivity (Wildman–Crippen MR) is 165 cm³/mol. The molecule has 7 heteroatoms. The van der Waals surface area contributed by atoms with Crippen LogP contribution in [-0.4, -0.2) is 45.7 Å². The average Bonchev–Trinajstić information content (AvgIpc) is 3.52. The number of nitrogens with one attached hydrogen (secondary N) is 3. The fourth-order valence-electron chi connectivity index (χ4n) is 4.45. The molecule has 0 aliphatic rings. The number of aromatic amines is 2. The average molecular weight is 535 g/mol. The van der Waals surface area contributed by atoms with Gasteiger partial charge in [-0.1, -0.05) is 44.0 Å². The summed E-state index contributed by atoms with van der Waals surface area (Å²) in [5.74, 6) is -0.272. The number of aromatic nitrogens is 4. The van der Waals surface area contributed by atoms with Gasteiger partial charge in [-0.2, -0.15) is 5.10 Å². The highest BCUT2D eigenvalue weighted by molar-refractivity contribution is 5.97. The van der Waals surface area contributed by atoms with Gasteiger partial charge >= 0.3 is 0 Å². The molecule has 3 N–H and O–H groups in total. The van der Waals surface area contributed by atoms with Gasteiger partial charge in [0.2, 0.25) is 0 Å². The summed E-state index contributed by atoms with van der Waals surface area (Å²) < 4.78 is 13.5. The normalized spacial score (nSPS) is 13.3. The van der Waals surface area contributed by atoms with Crippen molar-refractivity contribution in [3.05, 3.63) is 119 Å². The van der Waals surface area contributed by atoms with Crippen molar-refractivity contribution < 1.29 is 4.39 Å². The Balaban J connectivity index is 1.62. The van der Waals surface area contributed by atoms with Crippen LogP contribution in [0.25, 0.3) is 46.1 Å². The maximum atomic E-state index is 13.5. The molecule has 204 valence electrons. The minimum atomic E-state index is -0.272. The molecule has 4 rings (SSSR count). The maximum Gasteiger partial charge on any atom is 0.123 e. The SMILES string of the molecule is C=C\C(=C/C(=C\C)C(/C)=C/C=c1/[nH]nc(-c2cc3c(-c4ccc(F)cc4)cncc3[nH]2)c1=C)NC(=C)CN(C)C. The quantitative estimate of drug-likeness (QED) is 0.232. The van der Waals surface area contributed by atoms with E-state index in [-0.39, 0.29) is 5.82 Å². The number of rotatable bonds is 10. The monoisotopic (exact) mass is 534 g/mol. The Labute approximate surface area is 234 Å². The highest BCUT2D eigenvalue weighted by Crippen LogP contribution is 2.30. The largest absolute Gasteiger partial charge is 0.358 e. The molecule has 0 spiro atoms. The molecular formula is C33H35FN6. The van der Waals surface area contributed by atoms with Gasteiger partial charge in [0, 0.05) is 40.3 Å². The number of pyridine rings is 1. The van der Waals surface area contributed by atoms with E-state index < -0.39 is 0 Å². The maximum absolute atomic E-state index is 13.5. The zero-order valence-electron chi connectivity index (χ0n) is 23.5. The van der Waals surface area contributed by atoms with E-state index in [1.54, 1.807) is 30.6 Å². The number of hydrogen-bond acceptors (Lipinski definition) is 4. The zero-order chi connectivity index (χ0) is 28.8. The fraction of sp³-hybridized carbons (Fsp3) is 0.152. The van der Waals surface area contributed by atoms with E-state index in [0.29, 0.717) is 0 Å². The molecule has 6 nitrogen and oxygen atoms in total. The number of H-pyrrole nitrogens is 2. The Morgan fingerprint density at radius 3 is 2.60 bits per heavy atom. The molecule has 0 saturated carbocycles. The number of allylic oxidation sites excluding steroid dienone is 6. The molecule has 3 aromatic heterocycles. The summed E-state index contributed by atoms with van der Waals surface area (Å²) in [6.45, 7) is 17.1. The van der Waals surface area contributed by atoms with Gasteiger partial charge in [0.05, 0.1) is 22.8 Å². The molecule has 0 atom stereocenters. The lowest BCUT2D eigenvalue weighted by Crippen LogP contribution is -2.23. The molecular weight excluding hydrogens is 499 g/mol. The van der Waals surface area contributed by atoms with Gasteiger partial charge in [-0.3, -0.25) is 10.1 Å². The van der Waals surface area contributed by atoms with Gasteiger partial charge in [0.25, 0.3) is 0 Å². The third-order valence-corrected chi connectivity index (χ3v) is 6.48. The van der Waals surface area contributed by atoms with Gasteiger partial charge in [-0.05, 0) is 81.1 Å². The van der Waals surface area contributed by atoms with E-state index >= 15 is 0 Å². The smallest absolute Gasteiger partial charge is 0.123 e. The van der Waals surface area contributed by atoms with Crippen LogP contribution in [-0.2, 0) is 0 Å². The van der Waals surface area contributed by atoms with Gasteiger partial charge in [-0.25, -0.2) is 4.39 Å². The van der Waals surface area contributed by atoms with Crippen molar-refractivity contribution in [3.63, 3.8) is 0 Å². The lowest BCUT2D eigenvalue weighted by molar-refractivity contribution is 0.438. The summed E-state index contributed by atoms with van der Waals surface area (Å²) >= 11 is 0. The number of halogens is 1. The van der Waals surface area contributed by atoms with E-state index in [0.717, 1.165) is 73.1 Å². The standard InChI is InChI=1S/C33H35FN6/c1-8-24(16-27(9-2)36-22(4)20-40(6)7)21(3)10-15-30-23(5)33(39-38-30)31-17-28-29(18-35-19-32(28)37-31)25-11-13-26(34)14-12-25/h8-19,36-38H,2,4-5,20H2,1,3,6-7H3/b21-10+,24-8+,27-16+,30-15+. The van der Waals surface area contributed by atoms with E-state index in [9.17, 15) is 4.39 Å². The highest BCUT2D eigenvalue weighted by atomic mass is 19.1. The summed E-state index contributed by atoms with van der Waals surface area (Å²) in [7, 11) is 4.01. The van der Waals surface area contributed by atoms with Crippen molar-refractivity contribution in [3.8, 4) is 22.5 Å². The van der Waals surface area contributed by atoms with Crippen LogP contribution < -0.4 is 15.9 Å². The molecule has 40 heavy (non-hydrogen) atoms. The minimum Gasteiger partial charge on any atom is -0.358 e. The molecule has 1 aromatic carbocycles. The first-order chi connectivity index (χ1) is 19.2. The van der Waals surface area contributed by atoms with Crippen molar-refractivity contribution in [2.45, 2.75) is 13.8 Å².